The van der Waals surface area contributed by atoms with Crippen molar-refractivity contribution in [3.05, 3.63) is 28.9 Å². The van der Waals surface area contributed by atoms with Gasteiger partial charge in [-0.25, -0.2) is 0 Å². The van der Waals surface area contributed by atoms with E-state index in [1.165, 1.54) is 0 Å². The summed E-state index contributed by atoms with van der Waals surface area (Å²) in [6, 6.07) is 3.36. The average molecular weight is 343 g/mol. The molecule has 0 aliphatic carbocycles. The molecule has 0 saturated heterocycles. The van der Waals surface area contributed by atoms with Crippen LogP contribution < -0.4 is 9.47 Å². The molecular formula is C14H15ClN2O4S. The van der Waals surface area contributed by atoms with Crippen molar-refractivity contribution in [1.82, 2.24) is 10.2 Å². The Morgan fingerprint density at radius 3 is 2.64 bits per heavy atom. The number of halogens is 1. The van der Waals surface area contributed by atoms with Crippen LogP contribution in [0.3, 0.4) is 0 Å². The van der Waals surface area contributed by atoms with Crippen LogP contribution in [0.5, 0.6) is 11.5 Å². The maximum Gasteiger partial charge on any atom is 0.216 e. The normalized spacial score (nSPS) is 14.8. The van der Waals surface area contributed by atoms with Gasteiger partial charge in [-0.3, -0.25) is 4.21 Å². The minimum atomic E-state index is -1.22. The maximum absolute atomic E-state index is 12.4. The lowest BCUT2D eigenvalue weighted by Crippen LogP contribution is -2.15. The second-order valence-electron chi connectivity index (χ2n) is 4.79. The van der Waals surface area contributed by atoms with Gasteiger partial charge in [0.2, 0.25) is 11.8 Å². The Labute approximate surface area is 135 Å². The Kier molecular flexibility index (Phi) is 4.63. The van der Waals surface area contributed by atoms with Crippen molar-refractivity contribution in [1.29, 1.82) is 0 Å². The van der Waals surface area contributed by atoms with Crippen LogP contribution in [0.1, 0.15) is 18.2 Å². The molecule has 0 spiro atoms. The van der Waals surface area contributed by atoms with Gasteiger partial charge in [-0.1, -0.05) is 11.6 Å². The van der Waals surface area contributed by atoms with E-state index >= 15 is 0 Å². The largest absolute Gasteiger partial charge is 0.486 e. The molecule has 1 aromatic carbocycles. The average Bonchev–Trinajstić information content (AvgIpc) is 2.92. The van der Waals surface area contributed by atoms with Gasteiger partial charge in [0, 0.05) is 31.2 Å². The fourth-order valence-electron chi connectivity index (χ4n) is 2.12. The first-order chi connectivity index (χ1) is 10.6. The molecule has 3 rings (SSSR count). The number of nitrogens with zero attached hydrogens (tertiary/aromatic N) is 2. The predicted octanol–water partition coefficient (Wildman–Crippen LogP) is 2.54. The van der Waals surface area contributed by atoms with E-state index in [9.17, 15) is 4.21 Å². The van der Waals surface area contributed by atoms with Crippen LogP contribution in [-0.4, -0.2) is 33.4 Å². The zero-order valence-corrected chi connectivity index (χ0v) is 13.6. The highest BCUT2D eigenvalue weighted by molar-refractivity contribution is 7.85. The lowest BCUT2D eigenvalue weighted by atomic mass is 10.3. The van der Waals surface area contributed by atoms with Crippen LogP contribution in [0.25, 0.3) is 0 Å². The molecular weight excluding hydrogens is 328 g/mol. The van der Waals surface area contributed by atoms with Gasteiger partial charge in [-0.05, 0) is 6.42 Å². The van der Waals surface area contributed by atoms with Crippen molar-refractivity contribution in [2.75, 3.05) is 19.0 Å². The molecule has 22 heavy (non-hydrogen) atoms. The van der Waals surface area contributed by atoms with E-state index in [1.807, 2.05) is 0 Å². The van der Waals surface area contributed by atoms with Crippen LogP contribution in [-0.2, 0) is 17.2 Å². The van der Waals surface area contributed by atoms with Crippen molar-refractivity contribution in [3.8, 4) is 11.5 Å². The van der Waals surface area contributed by atoms with Crippen molar-refractivity contribution < 1.29 is 18.1 Å². The summed E-state index contributed by atoms with van der Waals surface area (Å²) in [6.45, 7) is 2.72. The summed E-state index contributed by atoms with van der Waals surface area (Å²) in [6.07, 6.45) is 1.26. The maximum atomic E-state index is 12.4. The molecule has 1 aromatic heterocycles. The van der Waals surface area contributed by atoms with E-state index in [1.54, 1.807) is 19.1 Å². The molecule has 8 heteroatoms. The zero-order chi connectivity index (χ0) is 15.5. The van der Waals surface area contributed by atoms with Crippen LogP contribution in [0.4, 0.5) is 0 Å². The number of fused-ring (bicyclic) bond motifs is 1. The SMILES string of the molecule is Cc1nnc(CCCS(=O)c2cc3c(cc2Cl)OCCO3)o1. The van der Waals surface area contributed by atoms with Gasteiger partial charge in [-0.2, -0.15) is 0 Å². The van der Waals surface area contributed by atoms with Crippen molar-refractivity contribution in [2.24, 2.45) is 0 Å². The molecule has 0 radical (unpaired) electrons. The number of aryl methyl sites for hydroxylation is 2. The molecule has 2 aromatic rings. The molecule has 1 unspecified atom stereocenters. The molecule has 1 aliphatic heterocycles. The standard InChI is InChI=1S/C14H15ClN2O4S/c1-9-16-17-14(21-9)3-2-6-22(18)13-8-12-11(7-10(13)15)19-4-5-20-12/h7-8H,2-6H2,1H3. The van der Waals surface area contributed by atoms with E-state index in [0.717, 1.165) is 0 Å². The molecule has 1 aliphatic rings. The third-order valence-electron chi connectivity index (χ3n) is 3.13. The first kappa shape index (κ1) is 15.3. The summed E-state index contributed by atoms with van der Waals surface area (Å²) in [5, 5.41) is 8.10. The van der Waals surface area contributed by atoms with E-state index in [4.69, 9.17) is 25.5 Å². The van der Waals surface area contributed by atoms with Crippen LogP contribution in [0.15, 0.2) is 21.4 Å². The molecule has 0 N–H and O–H groups in total. The molecule has 1 atom stereocenters. The lowest BCUT2D eigenvalue weighted by molar-refractivity contribution is 0.171. The Hall–Kier alpha value is -1.60. The summed E-state index contributed by atoms with van der Waals surface area (Å²) >= 11 is 6.19. The smallest absolute Gasteiger partial charge is 0.216 e. The number of hydrogen-bond acceptors (Lipinski definition) is 6. The van der Waals surface area contributed by atoms with Crippen molar-refractivity contribution in [2.45, 2.75) is 24.7 Å². The second-order valence-corrected chi connectivity index (χ2v) is 6.74. The minimum absolute atomic E-state index is 0.427. The van der Waals surface area contributed by atoms with Gasteiger partial charge in [0.15, 0.2) is 11.5 Å². The highest BCUT2D eigenvalue weighted by Crippen LogP contribution is 2.36. The molecule has 0 bridgehead atoms. The van der Waals surface area contributed by atoms with Gasteiger partial charge in [-0.15, -0.1) is 10.2 Å². The van der Waals surface area contributed by atoms with E-state index in [-0.39, 0.29) is 0 Å². The fraction of sp³-hybridized carbons (Fsp3) is 0.429. The van der Waals surface area contributed by atoms with Crippen molar-refractivity contribution >= 4 is 22.4 Å². The highest BCUT2D eigenvalue weighted by Gasteiger charge is 2.18. The summed E-state index contributed by atoms with van der Waals surface area (Å²) < 4.78 is 28.6. The summed E-state index contributed by atoms with van der Waals surface area (Å²) in [5.74, 6) is 2.74. The van der Waals surface area contributed by atoms with Crippen LogP contribution in [0, 0.1) is 6.92 Å². The first-order valence-electron chi connectivity index (χ1n) is 6.90. The number of aromatic nitrogens is 2. The first-order valence-corrected chi connectivity index (χ1v) is 8.59. The topological polar surface area (TPSA) is 74.5 Å². The van der Waals surface area contributed by atoms with E-state index < -0.39 is 10.8 Å². The molecule has 0 amide bonds. The highest BCUT2D eigenvalue weighted by atomic mass is 35.5. The zero-order valence-electron chi connectivity index (χ0n) is 12.0. The van der Waals surface area contributed by atoms with Gasteiger partial charge >= 0.3 is 0 Å². The molecule has 0 saturated carbocycles. The molecule has 6 nitrogen and oxygen atoms in total. The Balaban J connectivity index is 1.64. The monoisotopic (exact) mass is 342 g/mol. The number of benzene rings is 1. The summed E-state index contributed by atoms with van der Waals surface area (Å²) in [5.41, 5.74) is 0. The second kappa shape index (κ2) is 6.66. The molecule has 118 valence electrons. The van der Waals surface area contributed by atoms with Gasteiger partial charge in [0.25, 0.3) is 0 Å². The van der Waals surface area contributed by atoms with E-state index in [0.29, 0.717) is 65.0 Å². The Morgan fingerprint density at radius 1 is 1.23 bits per heavy atom. The summed E-state index contributed by atoms with van der Waals surface area (Å²) in [4.78, 5) is 0.563. The lowest BCUT2D eigenvalue weighted by Gasteiger charge is -2.19. The third kappa shape index (κ3) is 3.41. The van der Waals surface area contributed by atoms with Crippen molar-refractivity contribution in [3.63, 3.8) is 0 Å². The number of ether oxygens (including phenoxy) is 2. The van der Waals surface area contributed by atoms with Gasteiger partial charge < -0.3 is 13.9 Å². The van der Waals surface area contributed by atoms with Crippen LogP contribution in [0.2, 0.25) is 5.02 Å². The van der Waals surface area contributed by atoms with Gasteiger partial charge in [0.1, 0.15) is 13.2 Å². The number of hydrogen-bond donors (Lipinski definition) is 0. The molecule has 0 fully saturated rings. The summed E-state index contributed by atoms with van der Waals surface area (Å²) in [7, 11) is -1.22. The minimum Gasteiger partial charge on any atom is -0.486 e. The quantitative estimate of drug-likeness (QED) is 0.831. The van der Waals surface area contributed by atoms with Gasteiger partial charge in [0.05, 0.1) is 20.7 Å². The van der Waals surface area contributed by atoms with E-state index in [2.05, 4.69) is 10.2 Å². The fourth-order valence-corrected chi connectivity index (χ4v) is 3.68. The Morgan fingerprint density at radius 2 is 1.95 bits per heavy atom. The Bertz CT molecular complexity index is 704. The van der Waals surface area contributed by atoms with Crippen LogP contribution >= 0.6 is 11.6 Å². The third-order valence-corrected chi connectivity index (χ3v) is 5.04. The molecule has 2 heterocycles. The number of rotatable bonds is 5. The predicted molar refractivity (Wildman–Crippen MR) is 81.1 cm³/mol.